The number of nitrogens with one attached hydrogen (secondary N) is 2. The van der Waals surface area contributed by atoms with Gasteiger partial charge in [-0.2, -0.15) is 5.10 Å². The largest absolute Gasteiger partial charge is 0.309 e. The molecule has 1 aliphatic carbocycles. The number of aryl methyl sites for hydroxylation is 1. The Morgan fingerprint density at radius 3 is 2.60 bits per heavy atom. The Bertz CT molecular complexity index is 1180. The fraction of sp³-hybridized carbons (Fsp3) is 0.231. The van der Waals surface area contributed by atoms with Crippen LogP contribution in [0.4, 0.5) is 5.82 Å². The van der Waals surface area contributed by atoms with Gasteiger partial charge in [0.15, 0.2) is 5.82 Å². The zero-order valence-electron chi connectivity index (χ0n) is 17.1. The van der Waals surface area contributed by atoms with Gasteiger partial charge in [-0.1, -0.05) is 72.3 Å². The van der Waals surface area contributed by atoms with E-state index in [0.717, 1.165) is 34.9 Å². The van der Waals surface area contributed by atoms with Crippen LogP contribution in [0.3, 0.4) is 0 Å². The molecule has 0 atom stereocenters. The number of anilines is 1. The molecule has 4 nitrogen and oxygen atoms in total. The van der Waals surface area contributed by atoms with E-state index in [-0.39, 0.29) is 5.91 Å². The minimum atomic E-state index is -0.0458. The Morgan fingerprint density at radius 1 is 1.00 bits per heavy atom. The molecule has 0 radical (unpaired) electrons. The van der Waals surface area contributed by atoms with Crippen LogP contribution in [0.2, 0.25) is 0 Å². The summed E-state index contributed by atoms with van der Waals surface area (Å²) in [6, 6.07) is 25.1. The maximum Gasteiger partial charge on any atom is 0.230 e. The van der Waals surface area contributed by atoms with Crippen molar-refractivity contribution in [3.05, 3.63) is 95.2 Å². The molecule has 1 saturated carbocycles. The normalized spacial score (nSPS) is 18.2. The molecular formula is C26H25N3O. The minimum Gasteiger partial charge on any atom is -0.309 e. The second kappa shape index (κ2) is 7.79. The molecule has 150 valence electrons. The Labute approximate surface area is 176 Å². The molecule has 3 aromatic carbocycles. The van der Waals surface area contributed by atoms with Crippen molar-refractivity contribution >= 4 is 22.5 Å². The van der Waals surface area contributed by atoms with Crippen molar-refractivity contribution in [2.45, 2.75) is 38.0 Å². The Balaban J connectivity index is 1.20. The van der Waals surface area contributed by atoms with Crippen molar-refractivity contribution in [2.24, 2.45) is 0 Å². The number of aromatic amines is 1. The van der Waals surface area contributed by atoms with Gasteiger partial charge in [-0.25, -0.2) is 0 Å². The van der Waals surface area contributed by atoms with Crippen LogP contribution in [0, 0.1) is 6.92 Å². The summed E-state index contributed by atoms with van der Waals surface area (Å²) in [4.78, 5) is 12.6. The summed E-state index contributed by atoms with van der Waals surface area (Å²) in [5.74, 6) is 1.65. The van der Waals surface area contributed by atoms with Crippen LogP contribution in [-0.2, 0) is 11.2 Å². The van der Waals surface area contributed by atoms with Crippen molar-refractivity contribution in [2.75, 3.05) is 5.32 Å². The van der Waals surface area contributed by atoms with Crippen molar-refractivity contribution in [1.29, 1.82) is 0 Å². The van der Waals surface area contributed by atoms with Gasteiger partial charge < -0.3 is 5.32 Å². The van der Waals surface area contributed by atoms with Crippen LogP contribution in [0.25, 0.3) is 10.8 Å². The molecule has 2 N–H and O–H groups in total. The molecule has 1 fully saturated rings. The average molecular weight is 396 g/mol. The second-order valence-corrected chi connectivity index (χ2v) is 8.35. The standard InChI is InChI=1S/C26H25N3O/c1-17-9-11-18(12-10-17)21-13-22(14-21)24-16-25(29-28-24)27-26(30)15-20-7-4-6-19-5-2-3-8-23(19)20/h2-12,16,21-22H,13-15H2,1H3,(H2,27,28,29,30). The van der Waals surface area contributed by atoms with Crippen LogP contribution in [-0.4, -0.2) is 16.1 Å². The predicted octanol–water partition coefficient (Wildman–Crippen LogP) is 5.71. The number of aromatic nitrogens is 2. The van der Waals surface area contributed by atoms with Gasteiger partial charge in [0.05, 0.1) is 6.42 Å². The van der Waals surface area contributed by atoms with E-state index in [1.807, 2.05) is 30.3 Å². The third-order valence-electron chi connectivity index (χ3n) is 6.22. The SMILES string of the molecule is Cc1ccc(C2CC(c3cc(NC(=O)Cc4cccc5ccccc45)n[nH]3)C2)cc1. The summed E-state index contributed by atoms with van der Waals surface area (Å²) >= 11 is 0. The van der Waals surface area contributed by atoms with E-state index in [1.54, 1.807) is 0 Å². The number of hydrogen-bond acceptors (Lipinski definition) is 2. The highest BCUT2D eigenvalue weighted by molar-refractivity contribution is 5.95. The van der Waals surface area contributed by atoms with Gasteiger partial charge in [0.1, 0.15) is 0 Å². The molecule has 1 aromatic heterocycles. The Kier molecular flexibility index (Phi) is 4.83. The summed E-state index contributed by atoms with van der Waals surface area (Å²) in [5, 5.41) is 12.7. The fourth-order valence-electron chi connectivity index (χ4n) is 4.40. The lowest BCUT2D eigenvalue weighted by molar-refractivity contribution is -0.115. The number of H-pyrrole nitrogens is 1. The van der Waals surface area contributed by atoms with Gasteiger partial charge in [-0.3, -0.25) is 9.89 Å². The lowest BCUT2D eigenvalue weighted by Gasteiger charge is -2.35. The number of hydrogen-bond donors (Lipinski definition) is 2. The Morgan fingerprint density at radius 2 is 1.77 bits per heavy atom. The quantitative estimate of drug-likeness (QED) is 0.454. The molecule has 1 amide bonds. The molecule has 0 bridgehead atoms. The van der Waals surface area contributed by atoms with Gasteiger partial charge in [0.2, 0.25) is 5.91 Å². The van der Waals surface area contributed by atoms with Gasteiger partial charge in [0, 0.05) is 17.7 Å². The first-order valence-electron chi connectivity index (χ1n) is 10.5. The molecule has 5 rings (SSSR count). The van der Waals surface area contributed by atoms with E-state index in [1.165, 1.54) is 11.1 Å². The fourth-order valence-corrected chi connectivity index (χ4v) is 4.40. The van der Waals surface area contributed by atoms with Crippen LogP contribution in [0.15, 0.2) is 72.8 Å². The molecule has 4 heteroatoms. The number of nitrogens with zero attached hydrogens (tertiary/aromatic N) is 1. The number of amides is 1. The molecule has 0 unspecified atom stereocenters. The van der Waals surface area contributed by atoms with Gasteiger partial charge in [-0.15, -0.1) is 0 Å². The van der Waals surface area contributed by atoms with Crippen LogP contribution in [0.1, 0.15) is 47.1 Å². The third-order valence-corrected chi connectivity index (χ3v) is 6.22. The molecule has 1 heterocycles. The predicted molar refractivity (Wildman–Crippen MR) is 121 cm³/mol. The molecular weight excluding hydrogens is 370 g/mol. The average Bonchev–Trinajstić information content (AvgIpc) is 3.16. The highest BCUT2D eigenvalue weighted by Gasteiger charge is 2.32. The molecule has 0 aliphatic heterocycles. The first-order chi connectivity index (χ1) is 14.7. The van der Waals surface area contributed by atoms with E-state index in [0.29, 0.717) is 24.1 Å². The molecule has 0 spiro atoms. The van der Waals surface area contributed by atoms with E-state index in [2.05, 4.69) is 64.9 Å². The number of carbonyl (C=O) groups excluding carboxylic acids is 1. The van der Waals surface area contributed by atoms with E-state index in [9.17, 15) is 4.79 Å². The van der Waals surface area contributed by atoms with Crippen LogP contribution in [0.5, 0.6) is 0 Å². The first kappa shape index (κ1) is 18.6. The number of carbonyl (C=O) groups is 1. The van der Waals surface area contributed by atoms with Gasteiger partial charge >= 0.3 is 0 Å². The van der Waals surface area contributed by atoms with Crippen LogP contribution >= 0.6 is 0 Å². The van der Waals surface area contributed by atoms with Crippen molar-refractivity contribution < 1.29 is 4.79 Å². The zero-order chi connectivity index (χ0) is 20.5. The lowest BCUT2D eigenvalue weighted by Crippen LogP contribution is -2.20. The van der Waals surface area contributed by atoms with E-state index < -0.39 is 0 Å². The summed E-state index contributed by atoms with van der Waals surface area (Å²) < 4.78 is 0. The zero-order valence-corrected chi connectivity index (χ0v) is 17.1. The summed E-state index contributed by atoms with van der Waals surface area (Å²) in [5.41, 5.74) is 4.85. The van der Waals surface area contributed by atoms with Crippen molar-refractivity contribution in [3.8, 4) is 0 Å². The van der Waals surface area contributed by atoms with Crippen molar-refractivity contribution in [3.63, 3.8) is 0 Å². The maximum absolute atomic E-state index is 12.6. The Hall–Kier alpha value is -3.40. The highest BCUT2D eigenvalue weighted by Crippen LogP contribution is 2.47. The summed E-state index contributed by atoms with van der Waals surface area (Å²) in [6.45, 7) is 2.12. The van der Waals surface area contributed by atoms with Gasteiger partial charge in [-0.05, 0) is 47.6 Å². The summed E-state index contributed by atoms with van der Waals surface area (Å²) in [6.07, 6.45) is 2.58. The topological polar surface area (TPSA) is 57.8 Å². The first-order valence-corrected chi connectivity index (χ1v) is 10.5. The molecule has 4 aromatic rings. The number of rotatable bonds is 5. The second-order valence-electron chi connectivity index (χ2n) is 8.35. The van der Waals surface area contributed by atoms with Crippen molar-refractivity contribution in [1.82, 2.24) is 10.2 Å². The number of fused-ring (bicyclic) bond motifs is 1. The van der Waals surface area contributed by atoms with E-state index >= 15 is 0 Å². The smallest absolute Gasteiger partial charge is 0.230 e. The lowest BCUT2D eigenvalue weighted by atomic mass is 9.70. The highest BCUT2D eigenvalue weighted by atomic mass is 16.1. The third kappa shape index (κ3) is 3.73. The van der Waals surface area contributed by atoms with Crippen LogP contribution < -0.4 is 5.32 Å². The van der Waals surface area contributed by atoms with E-state index in [4.69, 9.17) is 0 Å². The van der Waals surface area contributed by atoms with Gasteiger partial charge in [0.25, 0.3) is 0 Å². The molecule has 1 aliphatic rings. The minimum absolute atomic E-state index is 0.0458. The number of benzene rings is 3. The molecule has 30 heavy (non-hydrogen) atoms. The summed E-state index contributed by atoms with van der Waals surface area (Å²) in [7, 11) is 0. The maximum atomic E-state index is 12.6. The monoisotopic (exact) mass is 395 g/mol. The molecule has 0 saturated heterocycles.